The predicted molar refractivity (Wildman–Crippen MR) is 49.2 cm³/mol. The van der Waals surface area contributed by atoms with E-state index in [-0.39, 0.29) is 0 Å². The second-order valence-electron chi connectivity index (χ2n) is 3.99. The molecule has 0 radical (unpaired) electrons. The number of carbonyl (C=O) groups excluding carboxylic acids is 1. The molecule has 0 aliphatic rings. The second-order valence-corrected chi connectivity index (χ2v) is 3.99. The van der Waals surface area contributed by atoms with Crippen molar-refractivity contribution in [2.24, 2.45) is 11.1 Å². The van der Waals surface area contributed by atoms with Crippen molar-refractivity contribution in [2.75, 3.05) is 6.61 Å². The molecule has 0 rings (SSSR count). The van der Waals surface area contributed by atoms with Crippen molar-refractivity contribution in [3.63, 3.8) is 0 Å². The van der Waals surface area contributed by atoms with Gasteiger partial charge in [-0.15, -0.1) is 0 Å². The number of carboxylic acid groups (broad SMARTS) is 1. The van der Waals surface area contributed by atoms with Gasteiger partial charge in [-0.25, -0.2) is 10.3 Å². The summed E-state index contributed by atoms with van der Waals surface area (Å²) in [6.07, 6.45) is 0. The van der Waals surface area contributed by atoms with Gasteiger partial charge in [-0.2, -0.15) is 0 Å². The summed E-state index contributed by atoms with van der Waals surface area (Å²) in [6.45, 7) is 4.82. The number of hydroxylamine groups is 1. The summed E-state index contributed by atoms with van der Waals surface area (Å²) in [7, 11) is 0. The van der Waals surface area contributed by atoms with Crippen LogP contribution in [0.4, 0.5) is 0 Å². The summed E-state index contributed by atoms with van der Waals surface area (Å²) in [6, 6.07) is -0.740. The largest absolute Gasteiger partial charge is 0.479 e. The lowest BCUT2D eigenvalue weighted by molar-refractivity contribution is -0.150. The molecule has 0 fully saturated rings. The molecule has 82 valence electrons. The summed E-state index contributed by atoms with van der Waals surface area (Å²) in [5.41, 5.74) is 7.16. The molecule has 14 heavy (non-hydrogen) atoms. The van der Waals surface area contributed by atoms with Gasteiger partial charge >= 0.3 is 5.97 Å². The maximum absolute atomic E-state index is 11.2. The summed E-state index contributed by atoms with van der Waals surface area (Å²) >= 11 is 0. The molecule has 0 aliphatic carbocycles. The van der Waals surface area contributed by atoms with Gasteiger partial charge in [-0.1, -0.05) is 20.8 Å². The van der Waals surface area contributed by atoms with Crippen LogP contribution in [0.15, 0.2) is 0 Å². The van der Waals surface area contributed by atoms with Crippen LogP contribution < -0.4 is 11.2 Å². The quantitative estimate of drug-likeness (QED) is 0.535. The van der Waals surface area contributed by atoms with E-state index in [0.29, 0.717) is 0 Å². The zero-order valence-corrected chi connectivity index (χ0v) is 8.53. The van der Waals surface area contributed by atoms with Gasteiger partial charge in [0.25, 0.3) is 5.91 Å². The number of rotatable bonds is 4. The third-order valence-corrected chi connectivity index (χ3v) is 1.58. The Morgan fingerprint density at radius 3 is 2.36 bits per heavy atom. The van der Waals surface area contributed by atoms with Gasteiger partial charge in [0.05, 0.1) is 6.04 Å². The van der Waals surface area contributed by atoms with Gasteiger partial charge < -0.3 is 10.8 Å². The molecule has 6 heteroatoms. The maximum Gasteiger partial charge on any atom is 0.332 e. The molecule has 0 spiro atoms. The monoisotopic (exact) mass is 204 g/mol. The lowest BCUT2D eigenvalue weighted by atomic mass is 9.87. The molecule has 0 aromatic rings. The van der Waals surface area contributed by atoms with Crippen LogP contribution >= 0.6 is 0 Å². The van der Waals surface area contributed by atoms with Crippen molar-refractivity contribution >= 4 is 11.9 Å². The van der Waals surface area contributed by atoms with Gasteiger partial charge in [-0.3, -0.25) is 9.63 Å². The van der Waals surface area contributed by atoms with E-state index in [4.69, 9.17) is 10.8 Å². The van der Waals surface area contributed by atoms with E-state index in [1.165, 1.54) is 0 Å². The lowest BCUT2D eigenvalue weighted by Gasteiger charge is -2.25. The Kier molecular flexibility index (Phi) is 4.52. The fourth-order valence-electron chi connectivity index (χ4n) is 0.626. The molecule has 0 aromatic heterocycles. The number of aliphatic carboxylic acids is 1. The summed E-state index contributed by atoms with van der Waals surface area (Å²) in [5.74, 6) is -1.69. The smallest absolute Gasteiger partial charge is 0.332 e. The van der Waals surface area contributed by atoms with E-state index in [9.17, 15) is 9.59 Å². The molecule has 1 amide bonds. The molecule has 6 nitrogen and oxygen atoms in total. The SMILES string of the molecule is CC(C)(C)[C@@H](N)C(=O)NOCC(=O)O. The molecule has 0 heterocycles. The Morgan fingerprint density at radius 2 is 2.00 bits per heavy atom. The molecular formula is C8H16N2O4. The standard InChI is InChI=1S/C8H16N2O4/c1-8(2,3)6(9)7(13)10-14-4-5(11)12/h6H,4,9H2,1-3H3,(H,10,13)(H,11,12)/t6-/m0/s1. The number of amides is 1. The van der Waals surface area contributed by atoms with E-state index in [1.54, 1.807) is 20.8 Å². The molecule has 0 aromatic carbocycles. The Labute approximate surface area is 82.4 Å². The van der Waals surface area contributed by atoms with Crippen LogP contribution in [-0.2, 0) is 14.4 Å². The van der Waals surface area contributed by atoms with Gasteiger partial charge in [0.2, 0.25) is 0 Å². The number of hydrogen-bond donors (Lipinski definition) is 3. The average Bonchev–Trinajstić information content (AvgIpc) is 2.00. The number of carboxylic acids is 1. The van der Waals surface area contributed by atoms with Crippen molar-refractivity contribution in [2.45, 2.75) is 26.8 Å². The third-order valence-electron chi connectivity index (χ3n) is 1.58. The summed E-state index contributed by atoms with van der Waals surface area (Å²) in [5, 5.41) is 8.22. The summed E-state index contributed by atoms with van der Waals surface area (Å²) in [4.78, 5) is 25.7. The molecule has 0 saturated carbocycles. The van der Waals surface area contributed by atoms with Crippen LogP contribution in [0.2, 0.25) is 0 Å². The van der Waals surface area contributed by atoms with Crippen LogP contribution in [-0.4, -0.2) is 29.6 Å². The topological polar surface area (TPSA) is 102 Å². The third kappa shape index (κ3) is 4.78. The highest BCUT2D eigenvalue weighted by Gasteiger charge is 2.27. The highest BCUT2D eigenvalue weighted by atomic mass is 16.7. The van der Waals surface area contributed by atoms with E-state index in [0.717, 1.165) is 0 Å². The highest BCUT2D eigenvalue weighted by Crippen LogP contribution is 2.16. The van der Waals surface area contributed by atoms with Crippen molar-refractivity contribution in [3.05, 3.63) is 0 Å². The maximum atomic E-state index is 11.2. The zero-order valence-electron chi connectivity index (χ0n) is 8.53. The first-order chi connectivity index (χ1) is 6.25. The Morgan fingerprint density at radius 1 is 1.50 bits per heavy atom. The zero-order chi connectivity index (χ0) is 11.4. The van der Waals surface area contributed by atoms with Gasteiger partial charge in [0, 0.05) is 0 Å². The minimum atomic E-state index is -1.16. The minimum absolute atomic E-state index is 0.392. The van der Waals surface area contributed by atoms with Crippen LogP contribution in [0, 0.1) is 5.41 Å². The van der Waals surface area contributed by atoms with Gasteiger partial charge in [0.1, 0.15) is 0 Å². The fraction of sp³-hybridized carbons (Fsp3) is 0.750. The molecule has 0 unspecified atom stereocenters. The molecule has 0 saturated heterocycles. The van der Waals surface area contributed by atoms with Crippen LogP contribution in [0.3, 0.4) is 0 Å². The fourth-order valence-corrected chi connectivity index (χ4v) is 0.626. The van der Waals surface area contributed by atoms with Crippen LogP contribution in [0.25, 0.3) is 0 Å². The first-order valence-corrected chi connectivity index (χ1v) is 4.14. The van der Waals surface area contributed by atoms with Crippen molar-refractivity contribution in [1.82, 2.24) is 5.48 Å². The van der Waals surface area contributed by atoms with Gasteiger partial charge in [0.15, 0.2) is 6.61 Å². The van der Waals surface area contributed by atoms with Crippen molar-refractivity contribution in [3.8, 4) is 0 Å². The number of nitrogens with two attached hydrogens (primary N) is 1. The number of carbonyl (C=O) groups is 2. The first-order valence-electron chi connectivity index (χ1n) is 4.14. The van der Waals surface area contributed by atoms with E-state index >= 15 is 0 Å². The van der Waals surface area contributed by atoms with Crippen LogP contribution in [0.1, 0.15) is 20.8 Å². The lowest BCUT2D eigenvalue weighted by Crippen LogP contribution is -2.48. The number of hydrogen-bond acceptors (Lipinski definition) is 4. The van der Waals surface area contributed by atoms with Crippen LogP contribution in [0.5, 0.6) is 0 Å². The predicted octanol–water partition coefficient (Wildman–Crippen LogP) is -0.508. The first kappa shape index (κ1) is 12.9. The Balaban J connectivity index is 3.91. The minimum Gasteiger partial charge on any atom is -0.479 e. The Bertz CT molecular complexity index is 222. The second kappa shape index (κ2) is 4.92. The molecule has 1 atom stereocenters. The molecule has 0 bridgehead atoms. The average molecular weight is 204 g/mol. The van der Waals surface area contributed by atoms with E-state index < -0.39 is 29.9 Å². The molecule has 4 N–H and O–H groups in total. The molecule has 0 aliphatic heterocycles. The van der Waals surface area contributed by atoms with E-state index in [1.807, 2.05) is 5.48 Å². The Hall–Kier alpha value is -1.14. The summed E-state index contributed by atoms with van der Waals surface area (Å²) < 4.78 is 0. The normalized spacial score (nSPS) is 13.4. The molecular weight excluding hydrogens is 188 g/mol. The van der Waals surface area contributed by atoms with Crippen molar-refractivity contribution in [1.29, 1.82) is 0 Å². The van der Waals surface area contributed by atoms with Gasteiger partial charge in [-0.05, 0) is 5.41 Å². The highest BCUT2D eigenvalue weighted by molar-refractivity contribution is 5.81. The van der Waals surface area contributed by atoms with Crippen molar-refractivity contribution < 1.29 is 19.5 Å². The number of nitrogens with one attached hydrogen (secondary N) is 1. The van der Waals surface area contributed by atoms with E-state index in [2.05, 4.69) is 4.84 Å².